The summed E-state index contributed by atoms with van der Waals surface area (Å²) in [5.74, 6) is 0.947. The van der Waals surface area contributed by atoms with Crippen LogP contribution >= 0.6 is 11.3 Å². The van der Waals surface area contributed by atoms with Crippen molar-refractivity contribution in [3.05, 3.63) is 52.2 Å². The summed E-state index contributed by atoms with van der Waals surface area (Å²) in [6, 6.07) is 10.4. The van der Waals surface area contributed by atoms with Gasteiger partial charge in [-0.1, -0.05) is 12.1 Å². The van der Waals surface area contributed by atoms with Gasteiger partial charge in [-0.15, -0.1) is 0 Å². The number of hydrogen-bond donors (Lipinski definition) is 1. The van der Waals surface area contributed by atoms with E-state index in [0.29, 0.717) is 6.61 Å². The molecule has 0 unspecified atom stereocenters. The highest BCUT2D eigenvalue weighted by Crippen LogP contribution is 2.13. The van der Waals surface area contributed by atoms with Crippen molar-refractivity contribution in [2.45, 2.75) is 20.0 Å². The minimum atomic E-state index is 0.714. The molecule has 0 aliphatic carbocycles. The Balaban J connectivity index is 1.84. The second kappa shape index (κ2) is 6.42. The van der Waals surface area contributed by atoms with E-state index >= 15 is 0 Å². The summed E-state index contributed by atoms with van der Waals surface area (Å²) in [5, 5.41) is 7.70. The van der Waals surface area contributed by atoms with Crippen molar-refractivity contribution in [1.82, 2.24) is 5.32 Å². The van der Waals surface area contributed by atoms with Crippen LogP contribution in [0.4, 0.5) is 0 Å². The van der Waals surface area contributed by atoms with Crippen LogP contribution in [0.15, 0.2) is 41.1 Å². The highest BCUT2D eigenvalue weighted by molar-refractivity contribution is 7.07. The molecule has 1 N–H and O–H groups in total. The molecule has 3 heteroatoms. The third kappa shape index (κ3) is 3.88. The average Bonchev–Trinajstić information content (AvgIpc) is 2.83. The highest BCUT2D eigenvalue weighted by Gasteiger charge is 1.97. The third-order valence-corrected chi connectivity index (χ3v) is 3.18. The van der Waals surface area contributed by atoms with Crippen LogP contribution in [0, 0.1) is 0 Å². The molecule has 17 heavy (non-hydrogen) atoms. The summed E-state index contributed by atoms with van der Waals surface area (Å²) in [5.41, 5.74) is 2.60. The van der Waals surface area contributed by atoms with Gasteiger partial charge in [0.2, 0.25) is 0 Å². The Morgan fingerprint density at radius 1 is 1.18 bits per heavy atom. The van der Waals surface area contributed by atoms with E-state index in [1.807, 2.05) is 19.1 Å². The SMILES string of the molecule is CCOc1cccc(CNCc2ccsc2)c1. The van der Waals surface area contributed by atoms with Crippen molar-refractivity contribution in [1.29, 1.82) is 0 Å². The molecule has 0 saturated carbocycles. The third-order valence-electron chi connectivity index (χ3n) is 2.45. The van der Waals surface area contributed by atoms with E-state index in [-0.39, 0.29) is 0 Å². The van der Waals surface area contributed by atoms with Gasteiger partial charge >= 0.3 is 0 Å². The van der Waals surface area contributed by atoms with Gasteiger partial charge in [0, 0.05) is 13.1 Å². The zero-order chi connectivity index (χ0) is 11.9. The van der Waals surface area contributed by atoms with Crippen LogP contribution in [0.1, 0.15) is 18.1 Å². The fourth-order valence-corrected chi connectivity index (χ4v) is 2.32. The Bertz CT molecular complexity index is 439. The molecule has 0 spiro atoms. The van der Waals surface area contributed by atoms with Gasteiger partial charge in [0.1, 0.15) is 5.75 Å². The maximum absolute atomic E-state index is 5.47. The predicted molar refractivity (Wildman–Crippen MR) is 72.5 cm³/mol. The molecule has 1 aromatic carbocycles. The lowest BCUT2D eigenvalue weighted by Crippen LogP contribution is -2.12. The Hall–Kier alpha value is -1.32. The van der Waals surface area contributed by atoms with Crippen LogP contribution in [-0.4, -0.2) is 6.61 Å². The lowest BCUT2D eigenvalue weighted by molar-refractivity contribution is 0.340. The monoisotopic (exact) mass is 247 g/mol. The van der Waals surface area contributed by atoms with Crippen LogP contribution in [0.3, 0.4) is 0 Å². The number of thiophene rings is 1. The van der Waals surface area contributed by atoms with Gasteiger partial charge in [-0.25, -0.2) is 0 Å². The number of nitrogens with one attached hydrogen (secondary N) is 1. The zero-order valence-corrected chi connectivity index (χ0v) is 10.8. The van der Waals surface area contributed by atoms with Crippen LogP contribution in [0.2, 0.25) is 0 Å². The molecule has 0 aliphatic heterocycles. The van der Waals surface area contributed by atoms with Crippen molar-refractivity contribution in [2.24, 2.45) is 0 Å². The first-order valence-electron chi connectivity index (χ1n) is 5.82. The molecular weight excluding hydrogens is 230 g/mol. The van der Waals surface area contributed by atoms with Gasteiger partial charge in [-0.2, -0.15) is 11.3 Å². The van der Waals surface area contributed by atoms with Crippen molar-refractivity contribution >= 4 is 11.3 Å². The summed E-state index contributed by atoms with van der Waals surface area (Å²) < 4.78 is 5.47. The number of benzene rings is 1. The van der Waals surface area contributed by atoms with E-state index < -0.39 is 0 Å². The standard InChI is InChI=1S/C14H17NOS/c1-2-16-14-5-3-4-12(8-14)9-15-10-13-6-7-17-11-13/h3-8,11,15H,2,9-10H2,1H3. The van der Waals surface area contributed by atoms with E-state index in [4.69, 9.17) is 4.74 Å². The molecule has 0 saturated heterocycles. The molecule has 0 amide bonds. The molecule has 1 heterocycles. The summed E-state index contributed by atoms with van der Waals surface area (Å²) in [4.78, 5) is 0. The van der Waals surface area contributed by atoms with Crippen LogP contribution in [-0.2, 0) is 13.1 Å². The molecule has 0 radical (unpaired) electrons. The van der Waals surface area contributed by atoms with Gasteiger partial charge in [-0.05, 0) is 47.0 Å². The average molecular weight is 247 g/mol. The summed E-state index contributed by atoms with van der Waals surface area (Å²) in [6.45, 7) is 4.51. The summed E-state index contributed by atoms with van der Waals surface area (Å²) in [7, 11) is 0. The van der Waals surface area contributed by atoms with Gasteiger partial charge < -0.3 is 10.1 Å². The maximum Gasteiger partial charge on any atom is 0.119 e. The number of hydrogen-bond acceptors (Lipinski definition) is 3. The van der Waals surface area contributed by atoms with Crippen molar-refractivity contribution in [2.75, 3.05) is 6.61 Å². The van der Waals surface area contributed by atoms with Crippen LogP contribution in [0.5, 0.6) is 5.75 Å². The predicted octanol–water partition coefficient (Wildman–Crippen LogP) is 3.44. The smallest absolute Gasteiger partial charge is 0.119 e. The second-order valence-electron chi connectivity index (χ2n) is 3.82. The van der Waals surface area contributed by atoms with Crippen molar-refractivity contribution < 1.29 is 4.74 Å². The minimum Gasteiger partial charge on any atom is -0.494 e. The topological polar surface area (TPSA) is 21.3 Å². The van der Waals surface area contributed by atoms with Gasteiger partial charge in [0.15, 0.2) is 0 Å². The summed E-state index contributed by atoms with van der Waals surface area (Å²) in [6.07, 6.45) is 0. The van der Waals surface area contributed by atoms with Crippen LogP contribution < -0.4 is 10.1 Å². The Morgan fingerprint density at radius 3 is 2.82 bits per heavy atom. The van der Waals surface area contributed by atoms with Crippen molar-refractivity contribution in [3.63, 3.8) is 0 Å². The van der Waals surface area contributed by atoms with E-state index in [1.54, 1.807) is 11.3 Å². The Kier molecular flexibility index (Phi) is 4.59. The first kappa shape index (κ1) is 12.1. The molecule has 2 aromatic rings. The molecule has 0 fully saturated rings. The van der Waals surface area contributed by atoms with Gasteiger partial charge in [0.05, 0.1) is 6.61 Å². The number of ether oxygens (including phenoxy) is 1. The molecule has 2 rings (SSSR count). The largest absolute Gasteiger partial charge is 0.494 e. The molecule has 0 atom stereocenters. The van der Waals surface area contributed by atoms with Crippen molar-refractivity contribution in [3.8, 4) is 5.75 Å². The molecule has 0 aliphatic rings. The lowest BCUT2D eigenvalue weighted by atomic mass is 10.2. The second-order valence-corrected chi connectivity index (χ2v) is 4.60. The van der Waals surface area contributed by atoms with Gasteiger partial charge in [-0.3, -0.25) is 0 Å². The first-order chi connectivity index (χ1) is 8.38. The molecule has 0 bridgehead atoms. The highest BCUT2D eigenvalue weighted by atomic mass is 32.1. The summed E-state index contributed by atoms with van der Waals surface area (Å²) >= 11 is 1.73. The first-order valence-corrected chi connectivity index (χ1v) is 6.76. The minimum absolute atomic E-state index is 0.714. The zero-order valence-electron chi connectivity index (χ0n) is 9.98. The maximum atomic E-state index is 5.47. The molecule has 1 aromatic heterocycles. The molecule has 2 nitrogen and oxygen atoms in total. The fourth-order valence-electron chi connectivity index (χ4n) is 1.66. The fraction of sp³-hybridized carbons (Fsp3) is 0.286. The van der Waals surface area contributed by atoms with E-state index in [1.165, 1.54) is 11.1 Å². The lowest BCUT2D eigenvalue weighted by Gasteiger charge is -2.07. The van der Waals surface area contributed by atoms with E-state index in [0.717, 1.165) is 18.8 Å². The molecule has 90 valence electrons. The normalized spacial score (nSPS) is 10.4. The van der Waals surface area contributed by atoms with E-state index in [9.17, 15) is 0 Å². The Morgan fingerprint density at radius 2 is 2.06 bits per heavy atom. The van der Waals surface area contributed by atoms with E-state index in [2.05, 4.69) is 34.3 Å². The number of rotatable bonds is 6. The molecular formula is C14H17NOS. The Labute approximate surface area is 106 Å². The van der Waals surface area contributed by atoms with Crippen LogP contribution in [0.25, 0.3) is 0 Å². The quantitative estimate of drug-likeness (QED) is 0.844. The van der Waals surface area contributed by atoms with Gasteiger partial charge in [0.25, 0.3) is 0 Å².